The molecule has 1 aromatic rings. The lowest BCUT2D eigenvalue weighted by atomic mass is 9.90. The van der Waals surface area contributed by atoms with E-state index in [1.54, 1.807) is 0 Å². The van der Waals surface area contributed by atoms with Gasteiger partial charge < -0.3 is 13.0 Å². The minimum Gasteiger partial charge on any atom is -0.407 e. The molecule has 2 heterocycles. The van der Waals surface area contributed by atoms with Crippen LogP contribution in [0.1, 0.15) is 68.2 Å². The molecule has 4 rings (SSSR count). The summed E-state index contributed by atoms with van der Waals surface area (Å²) in [6.07, 6.45) is 8.76. The van der Waals surface area contributed by atoms with E-state index in [1.807, 2.05) is 0 Å². The Morgan fingerprint density at radius 1 is 0.759 bits per heavy atom. The molecule has 0 saturated carbocycles. The largest absolute Gasteiger partial charge is 0.407 e. The lowest BCUT2D eigenvalue weighted by Gasteiger charge is -2.54. The second kappa shape index (κ2) is 6.27. The average molecular weight is 429 g/mol. The number of fused-ring (bicyclic) bond motifs is 2. The van der Waals surface area contributed by atoms with Gasteiger partial charge in [0.25, 0.3) is 0 Å². The van der Waals surface area contributed by atoms with Gasteiger partial charge in [0.2, 0.25) is 0 Å². The third-order valence-corrected chi connectivity index (χ3v) is 19.4. The first-order valence-electron chi connectivity index (χ1n) is 10.9. The highest BCUT2D eigenvalue weighted by Gasteiger charge is 2.82. The molecule has 5 heteroatoms. The summed E-state index contributed by atoms with van der Waals surface area (Å²) in [5.74, 6) is 0. The zero-order valence-corrected chi connectivity index (χ0v) is 21.3. The monoisotopic (exact) mass is 428 g/mol. The number of rotatable bonds is 2. The van der Waals surface area contributed by atoms with Crippen LogP contribution in [0.15, 0.2) is 53.8 Å². The molecule has 2 fully saturated rings. The Bertz CT molecular complexity index is 869. The molecule has 1 aromatic carbocycles. The van der Waals surface area contributed by atoms with Crippen molar-refractivity contribution in [3.8, 4) is 0 Å². The molecule has 1 aliphatic carbocycles. The van der Waals surface area contributed by atoms with E-state index in [9.17, 15) is 0 Å². The summed E-state index contributed by atoms with van der Waals surface area (Å²) in [5, 5.41) is 2.28. The van der Waals surface area contributed by atoms with E-state index in [-0.39, 0.29) is 10.1 Å². The Kier molecular flexibility index (Phi) is 4.59. The summed E-state index contributed by atoms with van der Waals surface area (Å²) in [6, 6.07) is 10.7. The quantitative estimate of drug-likeness (QED) is 0.558. The fourth-order valence-corrected chi connectivity index (χ4v) is 18.3. The topological polar surface area (TPSA) is 27.7 Å². The van der Waals surface area contributed by atoms with E-state index in [0.29, 0.717) is 0 Å². The molecule has 0 amide bonds. The average Bonchev–Trinajstić information content (AvgIpc) is 2.73. The van der Waals surface area contributed by atoms with Crippen molar-refractivity contribution in [1.29, 1.82) is 0 Å². The Balaban J connectivity index is 2.06. The molecule has 2 atom stereocenters. The van der Waals surface area contributed by atoms with Crippen LogP contribution in [-0.4, -0.2) is 28.3 Å². The van der Waals surface area contributed by atoms with Gasteiger partial charge in [-0.05, 0) is 50.9 Å². The summed E-state index contributed by atoms with van der Waals surface area (Å²) in [4.78, 5) is 0. The molecule has 2 saturated heterocycles. The molecule has 3 nitrogen and oxygen atoms in total. The van der Waals surface area contributed by atoms with Crippen LogP contribution in [0.5, 0.6) is 0 Å². The first-order chi connectivity index (χ1) is 13.3. The van der Waals surface area contributed by atoms with Crippen LogP contribution in [0.4, 0.5) is 0 Å². The van der Waals surface area contributed by atoms with Gasteiger partial charge in [-0.2, -0.15) is 0 Å². The molecular formula is C24H36O3Si2. The van der Waals surface area contributed by atoms with Crippen LogP contribution in [0, 0.1) is 0 Å². The number of hydrogen-bond donors (Lipinski definition) is 0. The lowest BCUT2D eigenvalue weighted by Crippen LogP contribution is -2.65. The minimum absolute atomic E-state index is 0.146. The van der Waals surface area contributed by atoms with Crippen molar-refractivity contribution in [2.75, 3.05) is 0 Å². The third-order valence-electron chi connectivity index (χ3n) is 8.33. The number of hydrogen-bond acceptors (Lipinski definition) is 3. The van der Waals surface area contributed by atoms with Crippen molar-refractivity contribution in [2.24, 2.45) is 0 Å². The van der Waals surface area contributed by atoms with Gasteiger partial charge in [-0.3, -0.25) is 0 Å². The first-order valence-corrected chi connectivity index (χ1v) is 14.5. The maximum Gasteiger partial charge on any atom is 0.370 e. The molecule has 2 unspecified atom stereocenters. The molecule has 2 aliphatic heterocycles. The van der Waals surface area contributed by atoms with Crippen LogP contribution in [-0.2, 0) is 13.0 Å². The molecule has 0 spiro atoms. The maximum absolute atomic E-state index is 7.46. The van der Waals surface area contributed by atoms with Crippen LogP contribution >= 0.6 is 0 Å². The van der Waals surface area contributed by atoms with Gasteiger partial charge in [0.1, 0.15) is 0 Å². The van der Waals surface area contributed by atoms with E-state index in [4.69, 9.17) is 13.0 Å². The fourth-order valence-electron chi connectivity index (χ4n) is 5.09. The van der Waals surface area contributed by atoms with Crippen molar-refractivity contribution in [3.05, 3.63) is 53.8 Å². The Labute approximate surface area is 178 Å². The summed E-state index contributed by atoms with van der Waals surface area (Å²) >= 11 is 0. The van der Waals surface area contributed by atoms with Gasteiger partial charge >= 0.3 is 17.1 Å². The molecule has 0 N–H and O–H groups in total. The van der Waals surface area contributed by atoms with Crippen LogP contribution < -0.4 is 5.19 Å². The van der Waals surface area contributed by atoms with E-state index < -0.39 is 28.3 Å². The first kappa shape index (κ1) is 21.3. The van der Waals surface area contributed by atoms with Gasteiger partial charge in [0.05, 0.1) is 11.2 Å². The Hall–Kier alpha value is -0.986. The predicted molar refractivity (Wildman–Crippen MR) is 124 cm³/mol. The molecular weight excluding hydrogens is 392 g/mol. The number of benzene rings is 1. The molecule has 29 heavy (non-hydrogen) atoms. The summed E-state index contributed by atoms with van der Waals surface area (Å²) in [7, 11) is -5.71. The standard InChI is InChI=1S/C24H36O3Si2/c1-21(2)22(3,4)26-29(20-17-13-10-14-18-20)24(7,8)23(5,6)28(25-21,27-29)19-15-11-9-12-16-19/h9-13,15-17H,14,18H2,1-8H3. The smallest absolute Gasteiger partial charge is 0.370 e. The molecule has 158 valence electrons. The van der Waals surface area contributed by atoms with E-state index in [0.717, 1.165) is 12.8 Å². The Morgan fingerprint density at radius 3 is 1.86 bits per heavy atom. The molecule has 0 radical (unpaired) electrons. The highest BCUT2D eigenvalue weighted by atomic mass is 28.5. The van der Waals surface area contributed by atoms with Gasteiger partial charge in [0.15, 0.2) is 0 Å². The van der Waals surface area contributed by atoms with Gasteiger partial charge in [-0.1, -0.05) is 76.3 Å². The minimum atomic E-state index is -2.88. The lowest BCUT2D eigenvalue weighted by molar-refractivity contribution is -0.0877. The molecule has 3 aliphatic rings. The van der Waals surface area contributed by atoms with Crippen LogP contribution in [0.25, 0.3) is 0 Å². The summed E-state index contributed by atoms with van der Waals surface area (Å²) in [5.41, 5.74) is -0.929. The van der Waals surface area contributed by atoms with Crippen molar-refractivity contribution in [2.45, 2.75) is 89.5 Å². The predicted octanol–water partition coefficient (Wildman–Crippen LogP) is 5.79. The zero-order valence-electron chi connectivity index (χ0n) is 19.3. The normalized spacial score (nSPS) is 36.3. The van der Waals surface area contributed by atoms with Gasteiger partial charge in [0, 0.05) is 10.1 Å². The van der Waals surface area contributed by atoms with Crippen LogP contribution in [0.2, 0.25) is 10.1 Å². The van der Waals surface area contributed by atoms with Crippen molar-refractivity contribution >= 4 is 22.3 Å². The molecule has 2 bridgehead atoms. The summed E-state index contributed by atoms with van der Waals surface area (Å²) < 4.78 is 21.9. The zero-order chi connectivity index (χ0) is 21.3. The summed E-state index contributed by atoms with van der Waals surface area (Å²) in [6.45, 7) is 18.2. The third kappa shape index (κ3) is 2.58. The van der Waals surface area contributed by atoms with E-state index in [1.165, 1.54) is 10.4 Å². The van der Waals surface area contributed by atoms with Gasteiger partial charge in [-0.25, -0.2) is 0 Å². The second-order valence-corrected chi connectivity index (χ2v) is 18.2. The van der Waals surface area contributed by atoms with Crippen LogP contribution in [0.3, 0.4) is 0 Å². The highest BCUT2D eigenvalue weighted by Crippen LogP contribution is 2.73. The molecule has 0 aromatic heterocycles. The number of allylic oxidation sites excluding steroid dienone is 4. The fraction of sp³-hybridized carbons (Fsp3) is 0.583. The van der Waals surface area contributed by atoms with E-state index >= 15 is 0 Å². The van der Waals surface area contributed by atoms with Crippen molar-refractivity contribution in [3.63, 3.8) is 0 Å². The van der Waals surface area contributed by atoms with Gasteiger partial charge in [-0.15, -0.1) is 0 Å². The highest BCUT2D eigenvalue weighted by molar-refractivity contribution is 6.99. The van der Waals surface area contributed by atoms with E-state index in [2.05, 4.69) is 104 Å². The second-order valence-electron chi connectivity index (χ2n) is 10.8. The Morgan fingerprint density at radius 2 is 1.31 bits per heavy atom. The van der Waals surface area contributed by atoms with Crippen molar-refractivity contribution < 1.29 is 13.0 Å². The maximum atomic E-state index is 7.46. The van der Waals surface area contributed by atoms with Crippen molar-refractivity contribution in [1.82, 2.24) is 0 Å². The SMILES string of the molecule is CC1(C)O[Si]2(C3=CC=CCC3)O[Si](c3ccccc3)(OC1(C)C)C(C)(C)C2(C)C.